The fourth-order valence-corrected chi connectivity index (χ4v) is 3.40. The lowest BCUT2D eigenvalue weighted by molar-refractivity contribution is -0.137. The molecule has 0 spiro atoms. The van der Waals surface area contributed by atoms with Crippen LogP contribution in [0.5, 0.6) is 0 Å². The van der Waals surface area contributed by atoms with Crippen LogP contribution >= 0.6 is 11.3 Å². The number of anilines is 4. The van der Waals surface area contributed by atoms with E-state index in [2.05, 4.69) is 20.6 Å². The molecule has 8 nitrogen and oxygen atoms in total. The molecule has 4 aromatic rings. The average molecular weight is 516 g/mol. The summed E-state index contributed by atoms with van der Waals surface area (Å²) < 4.78 is 37.8. The van der Waals surface area contributed by atoms with Crippen molar-refractivity contribution >= 4 is 45.5 Å². The summed E-state index contributed by atoms with van der Waals surface area (Å²) >= 11 is 1.07. The van der Waals surface area contributed by atoms with E-state index in [0.717, 1.165) is 29.0 Å². The van der Waals surface area contributed by atoms with Gasteiger partial charge in [-0.1, -0.05) is 29.5 Å². The number of amides is 1. The Labute approximate surface area is 207 Å². The van der Waals surface area contributed by atoms with Gasteiger partial charge in [-0.2, -0.15) is 13.2 Å². The van der Waals surface area contributed by atoms with Gasteiger partial charge < -0.3 is 21.5 Å². The lowest BCUT2D eigenvalue weighted by Crippen LogP contribution is -2.13. The Morgan fingerprint density at radius 1 is 1.03 bits per heavy atom. The van der Waals surface area contributed by atoms with Gasteiger partial charge in [-0.05, 0) is 55.0 Å². The highest BCUT2D eigenvalue weighted by Crippen LogP contribution is 2.30. The quantitative estimate of drug-likeness (QED) is 0.246. The molecule has 0 aliphatic heterocycles. The highest BCUT2D eigenvalue weighted by molar-refractivity contribution is 7.17. The molecule has 12 heteroatoms. The average Bonchev–Trinajstić information content (AvgIpc) is 3.30. The number of benzene rings is 2. The van der Waals surface area contributed by atoms with Crippen LogP contribution < -0.4 is 16.4 Å². The van der Waals surface area contributed by atoms with Gasteiger partial charge in [-0.25, -0.2) is 14.8 Å². The summed E-state index contributed by atoms with van der Waals surface area (Å²) in [5.74, 6) is -0.841. The summed E-state index contributed by atoms with van der Waals surface area (Å²) in [5, 5.41) is 14.5. The Morgan fingerprint density at radius 3 is 2.42 bits per heavy atom. The zero-order valence-corrected chi connectivity index (χ0v) is 19.5. The molecule has 0 saturated carbocycles. The molecule has 1 amide bonds. The number of thiazole rings is 1. The molecule has 0 fully saturated rings. The molecule has 0 saturated heterocycles. The summed E-state index contributed by atoms with van der Waals surface area (Å²) in [6.45, 7) is 1.80. The number of hydrogen-bond donors (Lipinski definition) is 4. The van der Waals surface area contributed by atoms with Gasteiger partial charge >= 0.3 is 12.1 Å². The maximum atomic E-state index is 12.6. The number of carbonyl (C=O) groups is 2. The highest BCUT2D eigenvalue weighted by atomic mass is 32.1. The minimum absolute atomic E-state index is 0.0778. The third-order valence-electron chi connectivity index (χ3n) is 4.61. The lowest BCUT2D eigenvalue weighted by atomic mass is 10.1. The monoisotopic (exact) mass is 515 g/mol. The van der Waals surface area contributed by atoms with Crippen molar-refractivity contribution < 1.29 is 27.9 Å². The number of halogens is 3. The number of pyridine rings is 1. The second-order valence-corrected chi connectivity index (χ2v) is 8.31. The second-order valence-electron chi connectivity index (χ2n) is 7.28. The first-order chi connectivity index (χ1) is 17.0. The maximum absolute atomic E-state index is 12.6. The number of hydrogen-bond acceptors (Lipinski definition) is 7. The molecule has 0 atom stereocenters. The molecule has 36 heavy (non-hydrogen) atoms. The topological polar surface area (TPSA) is 130 Å². The molecule has 2 heterocycles. The van der Waals surface area contributed by atoms with E-state index < -0.39 is 23.6 Å². The number of nitrogen functional groups attached to an aromatic ring is 1. The molecular formula is C24H20F3N5O3S. The molecule has 2 aromatic carbocycles. The highest BCUT2D eigenvalue weighted by Gasteiger charge is 2.30. The number of aryl methyl sites for hydroxylation is 1. The Kier molecular flexibility index (Phi) is 8.22. The molecule has 0 radical (unpaired) electrons. The molecule has 186 valence electrons. The second kappa shape index (κ2) is 11.3. The van der Waals surface area contributed by atoms with Crippen molar-refractivity contribution in [3.8, 4) is 0 Å². The van der Waals surface area contributed by atoms with Crippen LogP contribution in [0.3, 0.4) is 0 Å². The van der Waals surface area contributed by atoms with Crippen molar-refractivity contribution in [3.05, 3.63) is 94.6 Å². The zero-order chi connectivity index (χ0) is 26.3. The van der Waals surface area contributed by atoms with E-state index in [1.165, 1.54) is 24.4 Å². The predicted molar refractivity (Wildman–Crippen MR) is 132 cm³/mol. The number of nitrogens with one attached hydrogen (secondary N) is 2. The van der Waals surface area contributed by atoms with E-state index >= 15 is 0 Å². The van der Waals surface area contributed by atoms with E-state index in [0.29, 0.717) is 16.6 Å². The first-order valence-electron chi connectivity index (χ1n) is 10.2. The maximum Gasteiger partial charge on any atom is 0.416 e. The Balaban J connectivity index is 0.000000212. The Hall–Kier alpha value is -4.45. The van der Waals surface area contributed by atoms with Gasteiger partial charge in [-0.15, -0.1) is 0 Å². The predicted octanol–water partition coefficient (Wildman–Crippen LogP) is 5.83. The van der Waals surface area contributed by atoms with Crippen LogP contribution in [-0.2, 0) is 6.18 Å². The van der Waals surface area contributed by atoms with Gasteiger partial charge in [0.05, 0.1) is 11.8 Å². The molecule has 0 unspecified atom stereocenters. The van der Waals surface area contributed by atoms with Crippen LogP contribution in [0, 0.1) is 6.92 Å². The Bertz CT molecular complexity index is 1360. The fraction of sp³-hybridized carbons (Fsp3) is 0.0833. The first kappa shape index (κ1) is 26.2. The molecule has 0 bridgehead atoms. The number of rotatable bonds is 5. The largest absolute Gasteiger partial charge is 0.477 e. The number of alkyl halides is 3. The van der Waals surface area contributed by atoms with E-state index in [9.17, 15) is 22.8 Å². The van der Waals surface area contributed by atoms with Crippen molar-refractivity contribution in [2.75, 3.05) is 16.4 Å². The third-order valence-corrected chi connectivity index (χ3v) is 5.51. The zero-order valence-electron chi connectivity index (χ0n) is 18.7. The summed E-state index contributed by atoms with van der Waals surface area (Å²) in [5.41, 5.74) is 6.53. The van der Waals surface area contributed by atoms with Gasteiger partial charge in [0.15, 0.2) is 5.13 Å². The first-order valence-corrected chi connectivity index (χ1v) is 11.1. The minimum atomic E-state index is -4.45. The van der Waals surface area contributed by atoms with Crippen molar-refractivity contribution in [3.63, 3.8) is 0 Å². The molecular weight excluding hydrogens is 495 g/mol. The van der Waals surface area contributed by atoms with Crippen LogP contribution in [0.2, 0.25) is 0 Å². The molecule has 4 rings (SSSR count). The van der Waals surface area contributed by atoms with E-state index in [1.807, 2.05) is 6.07 Å². The fourth-order valence-electron chi connectivity index (χ4n) is 2.74. The molecule has 5 N–H and O–H groups in total. The van der Waals surface area contributed by atoms with E-state index in [1.54, 1.807) is 37.4 Å². The van der Waals surface area contributed by atoms with Crippen molar-refractivity contribution in [2.24, 2.45) is 0 Å². The number of aromatic nitrogens is 2. The number of carboxylic acids is 1. The summed E-state index contributed by atoms with van der Waals surface area (Å²) in [6, 6.07) is 14.6. The molecule has 0 aliphatic carbocycles. The lowest BCUT2D eigenvalue weighted by Gasteiger charge is -2.10. The van der Waals surface area contributed by atoms with Gasteiger partial charge in [0.25, 0.3) is 5.91 Å². The van der Waals surface area contributed by atoms with Gasteiger partial charge in [-0.3, -0.25) is 4.79 Å². The normalized spacial score (nSPS) is 10.7. The van der Waals surface area contributed by atoms with Gasteiger partial charge in [0, 0.05) is 23.1 Å². The minimum Gasteiger partial charge on any atom is -0.477 e. The van der Waals surface area contributed by atoms with Crippen LogP contribution in [0.25, 0.3) is 0 Å². The van der Waals surface area contributed by atoms with Crippen molar-refractivity contribution in [1.29, 1.82) is 0 Å². The SMILES string of the molecule is Cc1ccc(C(=O)Nc2cccc(C(F)(F)F)c2)cc1N.O=C(O)c1cnc(Nc2ccccn2)s1. The summed E-state index contributed by atoms with van der Waals surface area (Å²) in [6.07, 6.45) is -1.48. The summed E-state index contributed by atoms with van der Waals surface area (Å²) in [7, 11) is 0. The third kappa shape index (κ3) is 7.27. The van der Waals surface area contributed by atoms with Gasteiger partial charge in [0.1, 0.15) is 10.7 Å². The van der Waals surface area contributed by atoms with Gasteiger partial charge in [0.2, 0.25) is 0 Å². The Morgan fingerprint density at radius 2 is 1.81 bits per heavy atom. The van der Waals surface area contributed by atoms with E-state index in [-0.39, 0.29) is 16.1 Å². The van der Waals surface area contributed by atoms with Crippen molar-refractivity contribution in [2.45, 2.75) is 13.1 Å². The van der Waals surface area contributed by atoms with E-state index in [4.69, 9.17) is 10.8 Å². The molecule has 2 aromatic heterocycles. The van der Waals surface area contributed by atoms with Crippen LogP contribution in [-0.4, -0.2) is 27.0 Å². The number of carbonyl (C=O) groups excluding carboxylic acids is 1. The number of carboxylic acid groups (broad SMARTS) is 1. The van der Waals surface area contributed by atoms with Crippen LogP contribution in [0.1, 0.15) is 31.2 Å². The number of nitrogens with zero attached hydrogens (tertiary/aromatic N) is 2. The summed E-state index contributed by atoms with van der Waals surface area (Å²) in [4.78, 5) is 30.7. The molecule has 0 aliphatic rings. The van der Waals surface area contributed by atoms with Crippen molar-refractivity contribution in [1.82, 2.24) is 9.97 Å². The number of nitrogens with two attached hydrogens (primary N) is 1. The van der Waals surface area contributed by atoms with Crippen LogP contribution in [0.15, 0.2) is 73.1 Å². The standard InChI is InChI=1S/C15H13F3N2O.C9H7N3O2S/c1-9-5-6-10(7-13(9)19)14(21)20-12-4-2-3-11(8-12)15(16,17)18;13-8(14)6-5-11-9(15-6)12-7-3-1-2-4-10-7/h2-8H,19H2,1H3,(H,20,21);1-5H,(H,13,14)(H,10,11,12). The van der Waals surface area contributed by atoms with Crippen LogP contribution in [0.4, 0.5) is 35.5 Å². The smallest absolute Gasteiger partial charge is 0.416 e. The number of aromatic carboxylic acids is 1.